The number of methoxy groups -OCH3 is 1. The molecular weight excluding hydrogens is 853 g/mol. The third-order valence-corrected chi connectivity index (χ3v) is 12.5. The van der Waals surface area contributed by atoms with Gasteiger partial charge in [0.1, 0.15) is 35.6 Å². The summed E-state index contributed by atoms with van der Waals surface area (Å²) in [6, 6.07) is 3.41. The average Bonchev–Trinajstić information content (AvgIpc) is 3.30. The summed E-state index contributed by atoms with van der Waals surface area (Å²) in [5.74, 6) is -4.49. The Morgan fingerprint density at radius 2 is 1.58 bits per heavy atom. The van der Waals surface area contributed by atoms with Crippen LogP contribution in [0.25, 0.3) is 0 Å². The van der Waals surface area contributed by atoms with Gasteiger partial charge in [-0.3, -0.25) is 19.2 Å². The number of nitrogens with one attached hydrogen (secondary N) is 2. The number of phenolic OH excluding ortho intramolecular Hbond substituents is 2. The van der Waals surface area contributed by atoms with E-state index in [9.17, 15) is 49.5 Å². The molecular formula is C50H68N2O14. The number of alkyl carbamates (subject to hydrolysis) is 1. The molecule has 7 N–H and O–H groups in total. The predicted molar refractivity (Wildman–Crippen MR) is 244 cm³/mol. The maximum absolute atomic E-state index is 14.0. The highest BCUT2D eigenvalue weighted by Crippen LogP contribution is 2.52. The third kappa shape index (κ3) is 13.1. The van der Waals surface area contributed by atoms with Crippen LogP contribution in [-0.2, 0) is 30.2 Å². The lowest BCUT2D eigenvalue weighted by molar-refractivity contribution is -0.249. The van der Waals surface area contributed by atoms with Gasteiger partial charge in [0.25, 0.3) is 0 Å². The molecule has 66 heavy (non-hydrogen) atoms. The van der Waals surface area contributed by atoms with Gasteiger partial charge in [-0.05, 0) is 57.9 Å². The van der Waals surface area contributed by atoms with Crippen LogP contribution >= 0.6 is 0 Å². The van der Waals surface area contributed by atoms with Crippen molar-refractivity contribution in [2.24, 2.45) is 0 Å². The number of carbonyl (C=O) groups excluding carboxylic acids is 5. The van der Waals surface area contributed by atoms with E-state index in [-0.39, 0.29) is 53.8 Å². The van der Waals surface area contributed by atoms with E-state index in [2.05, 4.69) is 41.9 Å². The molecule has 1 saturated heterocycles. The summed E-state index contributed by atoms with van der Waals surface area (Å²) in [4.78, 5) is 66.0. The predicted octanol–water partition coefficient (Wildman–Crippen LogP) is 6.48. The maximum Gasteiger partial charge on any atom is 0.407 e. The van der Waals surface area contributed by atoms with Gasteiger partial charge in [0.15, 0.2) is 17.9 Å². The molecule has 0 spiro atoms. The highest BCUT2D eigenvalue weighted by molar-refractivity contribution is 6.31. The Kier molecular flexibility index (Phi) is 19.7. The number of fused-ring (bicyclic) bond motifs is 3. The molecule has 16 heteroatoms. The first-order chi connectivity index (χ1) is 31.8. The van der Waals surface area contributed by atoms with E-state index < -0.39 is 108 Å². The zero-order valence-corrected chi connectivity index (χ0v) is 38.5. The van der Waals surface area contributed by atoms with Gasteiger partial charge in [0, 0.05) is 48.9 Å². The van der Waals surface area contributed by atoms with Crippen LogP contribution in [0.15, 0.2) is 42.5 Å². The molecule has 1 heterocycles. The number of aliphatic hydroxyl groups is 3. The third-order valence-electron chi connectivity index (χ3n) is 12.5. The molecule has 16 nitrogen and oxygen atoms in total. The molecule has 3 aliphatic rings. The number of aromatic hydroxyl groups is 2. The monoisotopic (exact) mass is 920 g/mol. The molecule has 362 valence electrons. The quantitative estimate of drug-likeness (QED) is 0.0273. The van der Waals surface area contributed by atoms with Crippen molar-refractivity contribution in [3.05, 3.63) is 75.9 Å². The molecule has 1 aliphatic heterocycles. The Labute approximate surface area is 386 Å². The van der Waals surface area contributed by atoms with Crippen LogP contribution in [0.3, 0.4) is 0 Å². The number of carbonyl (C=O) groups is 5. The number of hydrogen-bond acceptors (Lipinski definition) is 14. The highest BCUT2D eigenvalue weighted by atomic mass is 16.7. The van der Waals surface area contributed by atoms with Crippen molar-refractivity contribution in [1.29, 1.82) is 0 Å². The van der Waals surface area contributed by atoms with Crippen molar-refractivity contribution in [1.82, 2.24) is 10.6 Å². The van der Waals surface area contributed by atoms with Crippen molar-refractivity contribution >= 4 is 29.4 Å². The van der Waals surface area contributed by atoms with Gasteiger partial charge in [-0.2, -0.15) is 0 Å². The van der Waals surface area contributed by atoms with E-state index in [1.54, 1.807) is 6.92 Å². The number of aliphatic hydroxyl groups excluding tert-OH is 2. The zero-order chi connectivity index (χ0) is 47.8. The number of unbranched alkanes of at least 4 members (excludes halogenated alkanes) is 9. The lowest BCUT2D eigenvalue weighted by Gasteiger charge is -2.43. The number of rotatable bonds is 25. The Bertz CT molecular complexity index is 2080. The fourth-order valence-corrected chi connectivity index (χ4v) is 8.88. The minimum absolute atomic E-state index is 0.00144. The molecule has 0 aromatic heterocycles. The van der Waals surface area contributed by atoms with Crippen LogP contribution in [0.2, 0.25) is 0 Å². The summed E-state index contributed by atoms with van der Waals surface area (Å²) in [5, 5.41) is 61.2. The van der Waals surface area contributed by atoms with Crippen LogP contribution in [0.1, 0.15) is 166 Å². The molecule has 2 amide bonds. The minimum Gasteiger partial charge on any atom is -0.507 e. The Morgan fingerprint density at radius 1 is 0.894 bits per heavy atom. The van der Waals surface area contributed by atoms with Gasteiger partial charge in [0.2, 0.25) is 11.7 Å². The van der Waals surface area contributed by atoms with E-state index in [1.807, 2.05) is 0 Å². The zero-order valence-electron chi connectivity index (χ0n) is 38.5. The second-order valence-corrected chi connectivity index (χ2v) is 17.4. The van der Waals surface area contributed by atoms with Gasteiger partial charge in [-0.25, -0.2) is 4.79 Å². The summed E-state index contributed by atoms with van der Waals surface area (Å²) in [6.45, 7) is 3.16. The summed E-state index contributed by atoms with van der Waals surface area (Å²) < 4.78 is 22.8. The number of ketones is 3. The second kappa shape index (κ2) is 25.1. The highest BCUT2D eigenvalue weighted by Gasteiger charge is 2.50. The van der Waals surface area contributed by atoms with Crippen molar-refractivity contribution in [3.63, 3.8) is 0 Å². The first-order valence-electron chi connectivity index (χ1n) is 23.5. The van der Waals surface area contributed by atoms with Crippen LogP contribution in [0.4, 0.5) is 4.79 Å². The van der Waals surface area contributed by atoms with E-state index >= 15 is 0 Å². The molecule has 5 rings (SSSR count). The van der Waals surface area contributed by atoms with Gasteiger partial charge >= 0.3 is 6.09 Å². The fraction of sp³-hybridized carbons (Fsp3) is 0.580. The molecule has 0 bridgehead atoms. The topological polar surface area (TPSA) is 247 Å². The summed E-state index contributed by atoms with van der Waals surface area (Å²) in [6.07, 6.45) is 15.9. The number of benzene rings is 2. The molecule has 0 saturated carbocycles. The second-order valence-electron chi connectivity index (χ2n) is 17.4. The van der Waals surface area contributed by atoms with E-state index in [4.69, 9.17) is 18.9 Å². The molecule has 6 atom stereocenters. The van der Waals surface area contributed by atoms with Gasteiger partial charge in [-0.15, -0.1) is 0 Å². The first-order valence-corrected chi connectivity index (χ1v) is 23.5. The van der Waals surface area contributed by atoms with Crippen molar-refractivity contribution in [2.45, 2.75) is 159 Å². The molecule has 2 aliphatic carbocycles. The van der Waals surface area contributed by atoms with Crippen LogP contribution in [-0.4, -0.2) is 112 Å². The van der Waals surface area contributed by atoms with E-state index in [0.29, 0.717) is 6.61 Å². The molecule has 6 unspecified atom stereocenters. The largest absolute Gasteiger partial charge is 0.507 e. The van der Waals surface area contributed by atoms with E-state index in [1.165, 1.54) is 63.8 Å². The van der Waals surface area contributed by atoms with Crippen molar-refractivity contribution in [3.8, 4) is 17.2 Å². The lowest BCUT2D eigenvalue weighted by atomic mass is 9.72. The lowest BCUT2D eigenvalue weighted by Crippen LogP contribution is -2.55. The Balaban J connectivity index is 1.08. The number of allylic oxidation sites excluding steroid dienone is 4. The fourth-order valence-electron chi connectivity index (χ4n) is 8.88. The Hall–Kier alpha value is -5.13. The summed E-state index contributed by atoms with van der Waals surface area (Å²) in [5.41, 5.74) is -4.04. The first kappa shape index (κ1) is 51.8. The van der Waals surface area contributed by atoms with E-state index in [0.717, 1.165) is 38.5 Å². The van der Waals surface area contributed by atoms with Gasteiger partial charge in [-0.1, -0.05) is 81.9 Å². The molecule has 1 fully saturated rings. The summed E-state index contributed by atoms with van der Waals surface area (Å²) >= 11 is 0. The molecule has 0 radical (unpaired) electrons. The maximum atomic E-state index is 14.0. The van der Waals surface area contributed by atoms with Crippen molar-refractivity contribution in [2.75, 3.05) is 26.9 Å². The number of hydrogen-bond donors (Lipinski definition) is 7. The number of amides is 2. The minimum atomic E-state index is -2.34. The SMILES string of the molecule is CCCCCC=CCC=CCCCCCCCCOC(=O)NCCCC(=O)NC1CC(OC2CC(O)(C(=O)CO)Cc3c(O)c4c(c(O)c32)C(=O)c2c(OC)cccc2C4=O)OC(C)C1O. The average molecular weight is 921 g/mol. The van der Waals surface area contributed by atoms with Crippen LogP contribution in [0, 0.1) is 0 Å². The number of Topliss-reactive ketones (excluding diaryl/α,β-unsaturated/α-hetero) is 1. The molecule has 2 aromatic carbocycles. The number of phenols is 2. The van der Waals surface area contributed by atoms with Crippen LogP contribution < -0.4 is 15.4 Å². The smallest absolute Gasteiger partial charge is 0.407 e. The Morgan fingerprint density at radius 3 is 2.27 bits per heavy atom. The number of ether oxygens (including phenoxy) is 4. The van der Waals surface area contributed by atoms with Crippen LogP contribution in [0.5, 0.6) is 17.2 Å². The van der Waals surface area contributed by atoms with Crippen molar-refractivity contribution < 1.29 is 68.5 Å². The standard InChI is InChI=1S/C50H68N2O14/c1-4-5-6-7-8-9-10-11-12-13-14-15-16-17-18-19-26-64-49(61)51-25-21-24-38(55)52-34-27-39(65-31(2)44(34)56)66-36-29-50(62,37(54)30-53)28-33-41(36)48(60)43-42(46(33)58)45(57)32-22-20-23-35(63-3)40(32)47(43)59/h8-9,11-12,20,22-23,31,34,36,39,44,53,56,58,60,62H,4-7,10,13-19,21,24-30H2,1-3H3,(H,51,61)(H,52,55). The summed E-state index contributed by atoms with van der Waals surface area (Å²) in [7, 11) is 1.31. The van der Waals surface area contributed by atoms with Gasteiger partial charge < -0.3 is 55.1 Å². The normalized spacial score (nSPS) is 22.5. The molecule has 2 aromatic rings. The van der Waals surface area contributed by atoms with Gasteiger partial charge in [0.05, 0.1) is 48.7 Å².